The Morgan fingerprint density at radius 1 is 0.369 bits per heavy atom. The highest BCUT2D eigenvalue weighted by Gasteiger charge is 2.54. The van der Waals surface area contributed by atoms with Gasteiger partial charge in [-0.1, -0.05) is 182 Å². The van der Waals surface area contributed by atoms with Gasteiger partial charge in [-0.3, -0.25) is 0 Å². The summed E-state index contributed by atoms with van der Waals surface area (Å²) in [6, 6.07) is 94.8. The van der Waals surface area contributed by atoms with E-state index in [1.807, 2.05) is 0 Å². The zero-order valence-corrected chi connectivity index (χ0v) is 36.7. The van der Waals surface area contributed by atoms with Crippen LogP contribution in [0.15, 0.2) is 255 Å². The van der Waals surface area contributed by atoms with Gasteiger partial charge >= 0.3 is 6.85 Å². The van der Waals surface area contributed by atoms with Crippen LogP contribution in [0.3, 0.4) is 0 Å². The van der Waals surface area contributed by atoms with E-state index in [2.05, 4.69) is 269 Å². The fraction of sp³-hybridized carbons (Fsp3) is 0. The fourth-order valence-corrected chi connectivity index (χ4v) is 16.4. The summed E-state index contributed by atoms with van der Waals surface area (Å²) in [5, 5.41) is 5.60. The smallest absolute Gasteiger partial charge is 0.333 e. The van der Waals surface area contributed by atoms with Gasteiger partial charge in [0.05, 0.1) is 0 Å². The van der Waals surface area contributed by atoms with Gasteiger partial charge in [0.1, 0.15) is 0 Å². The molecule has 0 spiro atoms. The van der Waals surface area contributed by atoms with Gasteiger partial charge in [0, 0.05) is 51.1 Å². The third-order valence-corrected chi connectivity index (χ3v) is 18.7. The first-order valence-corrected chi connectivity index (χ1v) is 24.6. The Labute approximate surface area is 381 Å². The van der Waals surface area contributed by atoms with Gasteiger partial charge in [-0.15, -0.1) is 0 Å². The molecule has 3 nitrogen and oxygen atoms in total. The third kappa shape index (κ3) is 5.62. The largest absolute Gasteiger partial charge is 0.376 e. The van der Waals surface area contributed by atoms with Crippen molar-refractivity contribution in [3.63, 3.8) is 0 Å². The summed E-state index contributed by atoms with van der Waals surface area (Å²) in [7, 11) is -2.90. The molecule has 10 aromatic rings. The number of anilines is 8. The highest BCUT2D eigenvalue weighted by atomic mass is 28.3. The molecule has 0 N–H and O–H groups in total. The molecule has 3 heterocycles. The lowest BCUT2D eigenvalue weighted by Gasteiger charge is -2.52. The Hall–Kier alpha value is -8.12. The van der Waals surface area contributed by atoms with Crippen molar-refractivity contribution in [2.24, 2.45) is 0 Å². The molecule has 0 radical (unpaired) electrons. The molecule has 3 aliphatic rings. The van der Waals surface area contributed by atoms with Gasteiger partial charge in [0.25, 0.3) is 0 Å². The second-order valence-corrected chi connectivity index (χ2v) is 20.9. The van der Waals surface area contributed by atoms with Crippen LogP contribution in [-0.2, 0) is 0 Å². The number of benzene rings is 10. The minimum absolute atomic E-state index is 0.151. The van der Waals surface area contributed by atoms with Gasteiger partial charge in [-0.25, -0.2) is 0 Å². The number of fused-ring (bicyclic) bond motifs is 6. The molecule has 0 aliphatic carbocycles. The van der Waals surface area contributed by atoms with Crippen molar-refractivity contribution in [2.45, 2.75) is 0 Å². The van der Waals surface area contributed by atoms with Crippen molar-refractivity contribution >= 4 is 92.1 Å². The number of para-hydroxylation sites is 5. The Morgan fingerprint density at radius 2 is 0.923 bits per heavy atom. The molecular weight excluding hydrogens is 802 g/mol. The summed E-state index contributed by atoms with van der Waals surface area (Å²) >= 11 is 0. The Morgan fingerprint density at radius 3 is 1.57 bits per heavy atom. The minimum Gasteiger partial charge on any atom is -0.376 e. The van der Waals surface area contributed by atoms with Crippen molar-refractivity contribution in [2.75, 3.05) is 14.6 Å². The molecular formula is C60H42BN3Si. The van der Waals surface area contributed by atoms with Crippen molar-refractivity contribution in [3.05, 3.63) is 255 Å². The van der Waals surface area contributed by atoms with E-state index in [0.717, 1.165) is 22.7 Å². The normalized spacial score (nSPS) is 13.6. The van der Waals surface area contributed by atoms with Crippen molar-refractivity contribution < 1.29 is 0 Å². The van der Waals surface area contributed by atoms with E-state index in [-0.39, 0.29) is 6.85 Å². The highest BCUT2D eigenvalue weighted by Crippen LogP contribution is 2.49. The third-order valence-electron chi connectivity index (χ3n) is 13.8. The molecule has 304 valence electrons. The molecule has 0 bridgehead atoms. The van der Waals surface area contributed by atoms with Crippen LogP contribution in [0.25, 0.3) is 22.3 Å². The van der Waals surface area contributed by atoms with Crippen LogP contribution in [0, 0.1) is 0 Å². The van der Waals surface area contributed by atoms with E-state index in [1.54, 1.807) is 0 Å². The SMILES string of the molecule is c1ccc(-c2cc3c4c(c2)N(c2ccccc2)c2ccc(N(c5ccccc5)c5ccccc5)cc2B4N2c4ccccc4[Si](c4ccccc4)(c4ccccc4)c4cccc-3c42)cc1. The molecule has 0 amide bonds. The first kappa shape index (κ1) is 37.4. The Kier molecular flexibility index (Phi) is 8.65. The summed E-state index contributed by atoms with van der Waals surface area (Å²) in [5.41, 5.74) is 17.0. The minimum atomic E-state index is -2.90. The quantitative estimate of drug-likeness (QED) is 0.148. The lowest BCUT2D eigenvalue weighted by atomic mass is 9.43. The summed E-state index contributed by atoms with van der Waals surface area (Å²) in [5.74, 6) is 0. The van der Waals surface area contributed by atoms with Crippen LogP contribution in [-0.4, -0.2) is 14.9 Å². The Balaban J connectivity index is 1.17. The first-order chi connectivity index (χ1) is 32.3. The Bertz CT molecular complexity index is 3310. The van der Waals surface area contributed by atoms with Crippen LogP contribution in [0.5, 0.6) is 0 Å². The van der Waals surface area contributed by atoms with E-state index < -0.39 is 8.07 Å². The van der Waals surface area contributed by atoms with E-state index in [4.69, 9.17) is 0 Å². The molecule has 0 fully saturated rings. The standard InChI is InChI=1S/C60H42BN3Si/c1-7-22-43(23-8-1)44-40-52-51-34-21-37-58-60(51)64(55-35-19-20-36-57(55)65(58,49-30-15-5-16-31-49)50-32-17-6-18-33-50)61-53-42-48(62(45-24-9-2-10-25-45)46-26-11-3-12-27-46)38-39-54(53)63(56(41-44)59(52)61)47-28-13-4-14-29-47/h1-42H. The second-order valence-electron chi connectivity index (χ2n) is 17.2. The van der Waals surface area contributed by atoms with Crippen LogP contribution in [0.1, 0.15) is 0 Å². The van der Waals surface area contributed by atoms with E-state index >= 15 is 0 Å². The second kappa shape index (κ2) is 15.0. The van der Waals surface area contributed by atoms with Crippen molar-refractivity contribution in [1.29, 1.82) is 0 Å². The molecule has 65 heavy (non-hydrogen) atoms. The van der Waals surface area contributed by atoms with Gasteiger partial charge < -0.3 is 14.6 Å². The zero-order chi connectivity index (χ0) is 42.9. The van der Waals surface area contributed by atoms with Crippen LogP contribution in [0.4, 0.5) is 45.5 Å². The first-order valence-electron chi connectivity index (χ1n) is 22.6. The maximum absolute atomic E-state index is 2.90. The summed E-state index contributed by atoms with van der Waals surface area (Å²) in [6.07, 6.45) is 0. The van der Waals surface area contributed by atoms with Gasteiger partial charge in [-0.2, -0.15) is 0 Å². The highest BCUT2D eigenvalue weighted by molar-refractivity contribution is 7.22. The van der Waals surface area contributed by atoms with E-state index in [9.17, 15) is 0 Å². The molecule has 3 aliphatic heterocycles. The average molecular weight is 844 g/mol. The van der Waals surface area contributed by atoms with Crippen molar-refractivity contribution in [1.82, 2.24) is 0 Å². The molecule has 0 unspecified atom stereocenters. The number of nitrogens with zero attached hydrogens (tertiary/aromatic N) is 3. The summed E-state index contributed by atoms with van der Waals surface area (Å²) in [6.45, 7) is -0.151. The molecule has 13 rings (SSSR count). The van der Waals surface area contributed by atoms with E-state index in [1.165, 1.54) is 76.7 Å². The van der Waals surface area contributed by atoms with Gasteiger partial charge in [0.15, 0.2) is 8.07 Å². The predicted molar refractivity (Wildman–Crippen MR) is 277 cm³/mol. The maximum atomic E-state index is 2.74. The molecule has 0 saturated carbocycles. The predicted octanol–water partition coefficient (Wildman–Crippen LogP) is 11.2. The van der Waals surface area contributed by atoms with Crippen molar-refractivity contribution in [3.8, 4) is 22.3 Å². The molecule has 0 aromatic heterocycles. The number of rotatable bonds is 7. The monoisotopic (exact) mass is 843 g/mol. The molecule has 10 aromatic carbocycles. The van der Waals surface area contributed by atoms with Crippen LogP contribution >= 0.6 is 0 Å². The van der Waals surface area contributed by atoms with Gasteiger partial charge in [-0.05, 0) is 121 Å². The lowest BCUT2D eigenvalue weighted by Crippen LogP contribution is -2.79. The average Bonchev–Trinajstić information content (AvgIpc) is 3.39. The summed E-state index contributed by atoms with van der Waals surface area (Å²) in [4.78, 5) is 7.66. The zero-order valence-electron chi connectivity index (χ0n) is 35.7. The lowest BCUT2D eigenvalue weighted by molar-refractivity contribution is 1.25. The number of hydrogen-bond donors (Lipinski definition) is 0. The topological polar surface area (TPSA) is 9.72 Å². The fourth-order valence-electron chi connectivity index (χ4n) is 11.3. The summed E-state index contributed by atoms with van der Waals surface area (Å²) < 4.78 is 0. The van der Waals surface area contributed by atoms with Crippen LogP contribution in [0.2, 0.25) is 0 Å². The maximum Gasteiger partial charge on any atom is 0.333 e. The van der Waals surface area contributed by atoms with Crippen LogP contribution < -0.4 is 46.3 Å². The van der Waals surface area contributed by atoms with Gasteiger partial charge in [0.2, 0.25) is 0 Å². The molecule has 0 atom stereocenters. The molecule has 5 heteroatoms. The van der Waals surface area contributed by atoms with E-state index in [0.29, 0.717) is 0 Å². The number of hydrogen-bond acceptors (Lipinski definition) is 3. The molecule has 0 saturated heterocycles.